The summed E-state index contributed by atoms with van der Waals surface area (Å²) >= 11 is 0. The van der Waals surface area contributed by atoms with Crippen molar-refractivity contribution < 1.29 is 9.53 Å². The summed E-state index contributed by atoms with van der Waals surface area (Å²) in [5, 5.41) is 3.31. The molecule has 106 valence electrons. The lowest BCUT2D eigenvalue weighted by Crippen LogP contribution is -2.05. The number of hydrogen-bond acceptors (Lipinski definition) is 3. The van der Waals surface area contributed by atoms with Crippen LogP contribution in [0.1, 0.15) is 21.5 Å². The summed E-state index contributed by atoms with van der Waals surface area (Å²) in [5.74, 6) is 1.86. The average Bonchev–Trinajstić information content (AvgIpc) is 2.52. The molecule has 1 N–H and O–H groups in total. The normalized spacial score (nSPS) is 9.71. The molecule has 0 amide bonds. The first kappa shape index (κ1) is 14.7. The van der Waals surface area contributed by atoms with E-state index in [2.05, 4.69) is 42.4 Å². The van der Waals surface area contributed by atoms with Crippen LogP contribution in [0.3, 0.4) is 0 Å². The molecule has 0 aromatic heterocycles. The molecule has 0 bridgehead atoms. The number of ether oxygens (including phenoxy) is 1. The van der Waals surface area contributed by atoms with Gasteiger partial charge in [0, 0.05) is 12.2 Å². The highest BCUT2D eigenvalue weighted by atomic mass is 16.5. The smallest absolute Gasteiger partial charge is 0.339 e. The number of carbonyl (C=O) groups is 1. The number of rotatable bonds is 5. The molecular formula is C18H17NO2. The Hall–Kier alpha value is -2.73. The van der Waals surface area contributed by atoms with E-state index in [-0.39, 0.29) is 6.61 Å². The van der Waals surface area contributed by atoms with E-state index >= 15 is 0 Å². The van der Waals surface area contributed by atoms with E-state index < -0.39 is 5.97 Å². The van der Waals surface area contributed by atoms with Gasteiger partial charge in [0.05, 0.1) is 5.56 Å². The number of carbonyl (C=O) groups excluding carboxylic acids is 1. The van der Waals surface area contributed by atoms with Gasteiger partial charge in [-0.1, -0.05) is 35.7 Å². The number of nitrogens with one attached hydrogen (secondary N) is 1. The second kappa shape index (κ2) is 7.16. The Morgan fingerprint density at radius 3 is 2.43 bits per heavy atom. The van der Waals surface area contributed by atoms with E-state index in [0.29, 0.717) is 5.56 Å². The fourth-order valence-corrected chi connectivity index (χ4v) is 1.82. The van der Waals surface area contributed by atoms with Crippen molar-refractivity contribution in [3.8, 4) is 12.3 Å². The van der Waals surface area contributed by atoms with E-state index in [0.717, 1.165) is 12.2 Å². The molecule has 2 aromatic rings. The molecule has 2 rings (SSSR count). The number of benzene rings is 2. The molecule has 0 fully saturated rings. The lowest BCUT2D eigenvalue weighted by atomic mass is 10.1. The van der Waals surface area contributed by atoms with Crippen LogP contribution in [0.5, 0.6) is 0 Å². The number of aryl methyl sites for hydroxylation is 1. The molecule has 0 atom stereocenters. The van der Waals surface area contributed by atoms with Gasteiger partial charge in [0.2, 0.25) is 0 Å². The molecule has 0 aliphatic rings. The molecule has 0 unspecified atom stereocenters. The monoisotopic (exact) mass is 279 g/mol. The van der Waals surface area contributed by atoms with Crippen LogP contribution >= 0.6 is 0 Å². The summed E-state index contributed by atoms with van der Waals surface area (Å²) in [6.07, 6.45) is 5.05. The molecule has 0 aliphatic heterocycles. The highest BCUT2D eigenvalue weighted by Crippen LogP contribution is 2.12. The molecular weight excluding hydrogens is 262 g/mol. The Bertz CT molecular complexity index is 636. The van der Waals surface area contributed by atoms with Gasteiger partial charge in [-0.15, -0.1) is 6.42 Å². The van der Waals surface area contributed by atoms with E-state index in [4.69, 9.17) is 11.2 Å². The zero-order chi connectivity index (χ0) is 15.1. The number of esters is 1. The lowest BCUT2D eigenvalue weighted by Gasteiger charge is -2.08. The fraction of sp³-hybridized carbons (Fsp3) is 0.167. The zero-order valence-electron chi connectivity index (χ0n) is 11.9. The molecule has 0 aliphatic carbocycles. The molecule has 21 heavy (non-hydrogen) atoms. The van der Waals surface area contributed by atoms with Crippen LogP contribution in [0.15, 0.2) is 48.5 Å². The topological polar surface area (TPSA) is 38.3 Å². The van der Waals surface area contributed by atoms with Gasteiger partial charge in [0.25, 0.3) is 0 Å². The van der Waals surface area contributed by atoms with Gasteiger partial charge in [-0.2, -0.15) is 0 Å². The number of hydrogen-bond donors (Lipinski definition) is 1. The van der Waals surface area contributed by atoms with Crippen LogP contribution in [0.2, 0.25) is 0 Å². The van der Waals surface area contributed by atoms with E-state index in [1.54, 1.807) is 12.1 Å². The number of anilines is 1. The van der Waals surface area contributed by atoms with E-state index in [9.17, 15) is 4.79 Å². The highest BCUT2D eigenvalue weighted by Gasteiger charge is 2.05. The predicted molar refractivity (Wildman–Crippen MR) is 84.1 cm³/mol. The van der Waals surface area contributed by atoms with Gasteiger partial charge in [-0.3, -0.25) is 0 Å². The maximum atomic E-state index is 11.6. The van der Waals surface area contributed by atoms with E-state index in [1.165, 1.54) is 11.1 Å². The lowest BCUT2D eigenvalue weighted by molar-refractivity contribution is 0.0557. The molecule has 3 heteroatoms. The fourth-order valence-electron chi connectivity index (χ4n) is 1.82. The maximum Gasteiger partial charge on any atom is 0.339 e. The SMILES string of the molecule is C#CCOC(=O)c1ccc(NCc2ccc(C)cc2)cc1. The van der Waals surface area contributed by atoms with Crippen LogP contribution in [0.4, 0.5) is 5.69 Å². The molecule has 3 nitrogen and oxygen atoms in total. The van der Waals surface area contributed by atoms with Crippen molar-refractivity contribution in [2.45, 2.75) is 13.5 Å². The van der Waals surface area contributed by atoms with Crippen molar-refractivity contribution in [2.75, 3.05) is 11.9 Å². The molecule has 0 saturated carbocycles. The number of terminal acetylenes is 1. The average molecular weight is 279 g/mol. The summed E-state index contributed by atoms with van der Waals surface area (Å²) in [5.41, 5.74) is 3.89. The van der Waals surface area contributed by atoms with Crippen molar-refractivity contribution in [3.63, 3.8) is 0 Å². The highest BCUT2D eigenvalue weighted by molar-refractivity contribution is 5.89. The second-order valence-corrected chi connectivity index (χ2v) is 4.70. The van der Waals surface area contributed by atoms with Crippen LogP contribution < -0.4 is 5.32 Å². The minimum absolute atomic E-state index is 0.00768. The Labute approximate surface area is 125 Å². The van der Waals surface area contributed by atoms with Crippen LogP contribution in [0, 0.1) is 19.3 Å². The minimum Gasteiger partial charge on any atom is -0.449 e. The van der Waals surface area contributed by atoms with Crippen LogP contribution in [0.25, 0.3) is 0 Å². The largest absolute Gasteiger partial charge is 0.449 e. The third kappa shape index (κ3) is 4.39. The van der Waals surface area contributed by atoms with Crippen molar-refractivity contribution in [1.29, 1.82) is 0 Å². The molecule has 0 radical (unpaired) electrons. The van der Waals surface area contributed by atoms with Gasteiger partial charge < -0.3 is 10.1 Å². The molecule has 0 saturated heterocycles. The third-order valence-electron chi connectivity index (χ3n) is 3.02. The standard InChI is InChI=1S/C18H17NO2/c1-3-12-21-18(20)16-8-10-17(11-9-16)19-13-15-6-4-14(2)5-7-15/h1,4-11,19H,12-13H2,2H3. The van der Waals surface area contributed by atoms with Crippen molar-refractivity contribution in [1.82, 2.24) is 0 Å². The molecule has 2 aromatic carbocycles. The summed E-state index contributed by atoms with van der Waals surface area (Å²) in [4.78, 5) is 11.6. The molecule has 0 spiro atoms. The van der Waals surface area contributed by atoms with Gasteiger partial charge >= 0.3 is 5.97 Å². The zero-order valence-corrected chi connectivity index (χ0v) is 11.9. The van der Waals surface area contributed by atoms with Gasteiger partial charge in [-0.25, -0.2) is 4.79 Å². The summed E-state index contributed by atoms with van der Waals surface area (Å²) in [6.45, 7) is 2.79. The summed E-state index contributed by atoms with van der Waals surface area (Å²) in [7, 11) is 0. The van der Waals surface area contributed by atoms with Crippen LogP contribution in [-0.2, 0) is 11.3 Å². The van der Waals surface area contributed by atoms with E-state index in [1.807, 2.05) is 12.1 Å². The maximum absolute atomic E-state index is 11.6. The Kier molecular flexibility index (Phi) is 5.00. The first-order valence-electron chi connectivity index (χ1n) is 6.69. The minimum atomic E-state index is -0.405. The second-order valence-electron chi connectivity index (χ2n) is 4.70. The van der Waals surface area contributed by atoms with Crippen molar-refractivity contribution in [3.05, 3.63) is 65.2 Å². The molecule has 0 heterocycles. The van der Waals surface area contributed by atoms with Crippen molar-refractivity contribution >= 4 is 11.7 Å². The van der Waals surface area contributed by atoms with Gasteiger partial charge in [0.1, 0.15) is 0 Å². The Morgan fingerprint density at radius 2 is 1.81 bits per heavy atom. The van der Waals surface area contributed by atoms with Gasteiger partial charge in [0.15, 0.2) is 6.61 Å². The predicted octanol–water partition coefficient (Wildman–Crippen LogP) is 3.40. The first-order valence-corrected chi connectivity index (χ1v) is 6.69. The first-order chi connectivity index (χ1) is 10.2. The third-order valence-corrected chi connectivity index (χ3v) is 3.02. The van der Waals surface area contributed by atoms with Crippen LogP contribution in [-0.4, -0.2) is 12.6 Å². The Morgan fingerprint density at radius 1 is 1.14 bits per heavy atom. The summed E-state index contributed by atoms with van der Waals surface area (Å²) < 4.78 is 4.86. The van der Waals surface area contributed by atoms with Gasteiger partial charge in [-0.05, 0) is 36.8 Å². The quantitative estimate of drug-likeness (QED) is 0.673. The van der Waals surface area contributed by atoms with Crippen molar-refractivity contribution in [2.24, 2.45) is 0 Å². The Balaban J connectivity index is 1.92. The summed E-state index contributed by atoms with van der Waals surface area (Å²) in [6, 6.07) is 15.5.